The lowest BCUT2D eigenvalue weighted by Gasteiger charge is -2.01. The van der Waals surface area contributed by atoms with Gasteiger partial charge in [-0.15, -0.1) is 11.3 Å². The molecular formula is C12H14N2O4S. The molecule has 2 aromatic rings. The van der Waals surface area contributed by atoms with Crippen LogP contribution in [0.3, 0.4) is 0 Å². The number of para-hydroxylation sites is 1. The van der Waals surface area contributed by atoms with E-state index in [1.807, 2.05) is 23.7 Å². The van der Waals surface area contributed by atoms with Crippen molar-refractivity contribution in [1.82, 2.24) is 4.98 Å². The Morgan fingerprint density at radius 1 is 1.32 bits per heavy atom. The number of carboxylic acid groups (broad SMARTS) is 2. The molecule has 19 heavy (non-hydrogen) atoms. The van der Waals surface area contributed by atoms with E-state index < -0.39 is 18.0 Å². The number of nitrogens with two attached hydrogens (primary N) is 1. The standard InChI is InChI=1S/C7H5NS.C5H9NO4/c1-2-4-7-6(3-1)8-5-9-7;6-3(5(9)10)1-2-4(7)8/h1-5H;3H,1-2,6H2,(H,7,8)(H,9,10)/t;3-/m.0/s1. The minimum Gasteiger partial charge on any atom is -0.481 e. The van der Waals surface area contributed by atoms with Crippen LogP contribution in [0.1, 0.15) is 12.8 Å². The zero-order chi connectivity index (χ0) is 14.3. The van der Waals surface area contributed by atoms with Crippen LogP contribution < -0.4 is 5.73 Å². The van der Waals surface area contributed by atoms with Gasteiger partial charge < -0.3 is 15.9 Å². The number of thiazole rings is 1. The summed E-state index contributed by atoms with van der Waals surface area (Å²) in [6, 6.07) is 7.07. The normalized spacial score (nSPS) is 11.4. The van der Waals surface area contributed by atoms with Crippen molar-refractivity contribution in [2.75, 3.05) is 0 Å². The Morgan fingerprint density at radius 3 is 2.58 bits per heavy atom. The van der Waals surface area contributed by atoms with Crippen molar-refractivity contribution in [3.63, 3.8) is 0 Å². The van der Waals surface area contributed by atoms with Gasteiger partial charge in [0.25, 0.3) is 0 Å². The molecule has 0 spiro atoms. The Bertz CT molecular complexity index is 525. The van der Waals surface area contributed by atoms with Gasteiger partial charge in [-0.2, -0.15) is 0 Å². The Labute approximate surface area is 113 Å². The second-order valence-corrected chi connectivity index (χ2v) is 4.58. The van der Waals surface area contributed by atoms with Gasteiger partial charge in [0, 0.05) is 6.42 Å². The molecule has 2 rings (SSSR count). The van der Waals surface area contributed by atoms with Gasteiger partial charge in [0.15, 0.2) is 0 Å². The smallest absolute Gasteiger partial charge is 0.320 e. The lowest BCUT2D eigenvalue weighted by atomic mass is 10.2. The summed E-state index contributed by atoms with van der Waals surface area (Å²) in [4.78, 5) is 24.0. The minimum absolute atomic E-state index is 0.0231. The third-order valence-corrected chi connectivity index (χ3v) is 3.03. The lowest BCUT2D eigenvalue weighted by Crippen LogP contribution is -2.30. The highest BCUT2D eigenvalue weighted by Gasteiger charge is 2.12. The number of rotatable bonds is 4. The number of fused-ring (bicyclic) bond motifs is 1. The van der Waals surface area contributed by atoms with Crippen LogP contribution in [0.15, 0.2) is 29.8 Å². The van der Waals surface area contributed by atoms with E-state index in [1.165, 1.54) is 4.70 Å². The van der Waals surface area contributed by atoms with E-state index in [1.54, 1.807) is 11.3 Å². The second-order valence-electron chi connectivity index (χ2n) is 3.70. The molecule has 0 amide bonds. The SMILES string of the molecule is N[C@@H](CCC(=O)O)C(=O)O.c1ccc2scnc2c1. The molecule has 1 aromatic carbocycles. The molecular weight excluding hydrogens is 268 g/mol. The number of benzene rings is 1. The fourth-order valence-corrected chi connectivity index (χ4v) is 1.88. The van der Waals surface area contributed by atoms with Crippen molar-refractivity contribution in [3.8, 4) is 0 Å². The molecule has 102 valence electrons. The number of aliphatic carboxylic acids is 2. The lowest BCUT2D eigenvalue weighted by molar-refractivity contribution is -0.139. The van der Waals surface area contributed by atoms with Gasteiger partial charge in [0.2, 0.25) is 0 Å². The number of hydrogen-bond acceptors (Lipinski definition) is 5. The predicted octanol–water partition coefficient (Wildman–Crippen LogP) is 1.56. The largest absolute Gasteiger partial charge is 0.481 e. The summed E-state index contributed by atoms with van der Waals surface area (Å²) in [6.45, 7) is 0. The van der Waals surface area contributed by atoms with E-state index in [2.05, 4.69) is 11.1 Å². The summed E-state index contributed by atoms with van der Waals surface area (Å²) < 4.78 is 1.26. The maximum Gasteiger partial charge on any atom is 0.320 e. The molecule has 1 heterocycles. The fraction of sp³-hybridized carbons (Fsp3) is 0.250. The van der Waals surface area contributed by atoms with Gasteiger partial charge in [0.05, 0.1) is 15.7 Å². The van der Waals surface area contributed by atoms with Crippen molar-refractivity contribution < 1.29 is 19.8 Å². The molecule has 0 saturated carbocycles. The van der Waals surface area contributed by atoms with Crippen LogP contribution in [-0.4, -0.2) is 33.2 Å². The van der Waals surface area contributed by atoms with Gasteiger partial charge in [0.1, 0.15) is 6.04 Å². The van der Waals surface area contributed by atoms with Crippen molar-refractivity contribution >= 4 is 33.5 Å². The highest BCUT2D eigenvalue weighted by Crippen LogP contribution is 2.15. The van der Waals surface area contributed by atoms with Crippen molar-refractivity contribution in [2.45, 2.75) is 18.9 Å². The number of carbonyl (C=O) groups is 2. The van der Waals surface area contributed by atoms with Gasteiger partial charge >= 0.3 is 11.9 Å². The van der Waals surface area contributed by atoms with E-state index in [4.69, 9.17) is 15.9 Å². The molecule has 1 atom stereocenters. The van der Waals surface area contributed by atoms with Crippen LogP contribution in [0.4, 0.5) is 0 Å². The first kappa shape index (κ1) is 15.1. The van der Waals surface area contributed by atoms with Gasteiger partial charge in [-0.1, -0.05) is 12.1 Å². The van der Waals surface area contributed by atoms with Crippen molar-refractivity contribution in [3.05, 3.63) is 29.8 Å². The van der Waals surface area contributed by atoms with Crippen molar-refractivity contribution in [1.29, 1.82) is 0 Å². The van der Waals surface area contributed by atoms with Crippen LogP contribution >= 0.6 is 11.3 Å². The molecule has 1 aromatic heterocycles. The summed E-state index contributed by atoms with van der Waals surface area (Å²) in [5, 5.41) is 16.3. The molecule has 7 heteroatoms. The van der Waals surface area contributed by atoms with E-state index >= 15 is 0 Å². The fourth-order valence-electron chi connectivity index (χ4n) is 1.21. The van der Waals surface area contributed by atoms with Crippen LogP contribution in [0, 0.1) is 0 Å². The molecule has 0 aliphatic carbocycles. The molecule has 0 bridgehead atoms. The minimum atomic E-state index is -1.17. The van der Waals surface area contributed by atoms with E-state index in [-0.39, 0.29) is 12.8 Å². The summed E-state index contributed by atoms with van der Waals surface area (Å²) in [6.07, 6.45) is -0.224. The quantitative estimate of drug-likeness (QED) is 0.784. The number of hydrogen-bond donors (Lipinski definition) is 3. The summed E-state index contributed by atoms with van der Waals surface area (Å²) in [7, 11) is 0. The Hall–Kier alpha value is -1.99. The van der Waals surface area contributed by atoms with Gasteiger partial charge in [-0.3, -0.25) is 9.59 Å². The third-order valence-electron chi connectivity index (χ3n) is 2.22. The Kier molecular flexibility index (Phi) is 5.91. The van der Waals surface area contributed by atoms with Crippen LogP contribution in [0.25, 0.3) is 10.2 Å². The van der Waals surface area contributed by atoms with Crippen molar-refractivity contribution in [2.24, 2.45) is 5.73 Å². The molecule has 0 aliphatic heterocycles. The summed E-state index contributed by atoms with van der Waals surface area (Å²) >= 11 is 1.68. The molecule has 0 radical (unpaired) electrons. The van der Waals surface area contributed by atoms with Gasteiger partial charge in [-0.25, -0.2) is 4.98 Å². The Balaban J connectivity index is 0.000000190. The molecule has 0 fully saturated rings. The monoisotopic (exact) mass is 282 g/mol. The van der Waals surface area contributed by atoms with Crippen LogP contribution in [0.2, 0.25) is 0 Å². The maximum atomic E-state index is 9.99. The topological polar surface area (TPSA) is 114 Å². The number of nitrogens with zero attached hydrogens (tertiary/aromatic N) is 1. The van der Waals surface area contributed by atoms with Crippen LogP contribution in [0.5, 0.6) is 0 Å². The number of aromatic nitrogens is 1. The molecule has 6 nitrogen and oxygen atoms in total. The second kappa shape index (κ2) is 7.45. The predicted molar refractivity (Wildman–Crippen MR) is 72.1 cm³/mol. The molecule has 0 unspecified atom stereocenters. The molecule has 0 saturated heterocycles. The highest BCUT2D eigenvalue weighted by atomic mass is 32.1. The summed E-state index contributed by atoms with van der Waals surface area (Å²) in [5.41, 5.74) is 7.97. The zero-order valence-electron chi connectivity index (χ0n) is 10.0. The molecule has 4 N–H and O–H groups in total. The molecule has 0 aliphatic rings. The van der Waals surface area contributed by atoms with E-state index in [9.17, 15) is 9.59 Å². The zero-order valence-corrected chi connectivity index (χ0v) is 10.8. The van der Waals surface area contributed by atoms with E-state index in [0.29, 0.717) is 0 Å². The average molecular weight is 282 g/mol. The third kappa shape index (κ3) is 5.45. The van der Waals surface area contributed by atoms with Crippen LogP contribution in [-0.2, 0) is 9.59 Å². The highest BCUT2D eigenvalue weighted by molar-refractivity contribution is 7.16. The first-order valence-electron chi connectivity index (χ1n) is 5.49. The van der Waals surface area contributed by atoms with E-state index in [0.717, 1.165) is 5.52 Å². The first-order chi connectivity index (χ1) is 9.00. The van der Waals surface area contributed by atoms with Gasteiger partial charge in [-0.05, 0) is 18.6 Å². The Morgan fingerprint density at radius 2 is 2.00 bits per heavy atom. The maximum absolute atomic E-state index is 9.99. The first-order valence-corrected chi connectivity index (χ1v) is 6.37. The average Bonchev–Trinajstić information content (AvgIpc) is 2.84. The summed E-state index contributed by atoms with van der Waals surface area (Å²) in [5.74, 6) is -2.20. The number of carboxylic acids is 2.